The van der Waals surface area contributed by atoms with Crippen LogP contribution in [0, 0.1) is 11.6 Å². The summed E-state index contributed by atoms with van der Waals surface area (Å²) in [6.07, 6.45) is -2.80. The van der Waals surface area contributed by atoms with Crippen LogP contribution in [-0.2, 0) is 16.7 Å². The number of nitrogens with zero attached hydrogens (tertiary/aromatic N) is 1. The lowest BCUT2D eigenvalue weighted by atomic mass is 10.1. The van der Waals surface area contributed by atoms with Crippen LogP contribution >= 0.6 is 0 Å². The Morgan fingerprint density at radius 1 is 1.16 bits per heavy atom. The van der Waals surface area contributed by atoms with E-state index in [0.29, 0.717) is 0 Å². The van der Waals surface area contributed by atoms with Gasteiger partial charge in [-0.25, -0.2) is 26.0 Å². The Morgan fingerprint density at radius 3 is 2.58 bits per heavy atom. The number of rotatable bonds is 5. The van der Waals surface area contributed by atoms with E-state index < -0.39 is 58.0 Å². The van der Waals surface area contributed by atoms with Gasteiger partial charge in [-0.1, -0.05) is 6.07 Å². The molecule has 2 N–H and O–H groups in total. The maximum atomic E-state index is 14.1. The fraction of sp³-hybridized carbons (Fsp3) is 0.350. The first-order valence-corrected chi connectivity index (χ1v) is 10.8. The third-order valence-electron chi connectivity index (χ3n) is 4.97. The normalized spacial score (nSPS) is 20.3. The number of hydrogen-bond acceptors (Lipinski definition) is 4. The second-order valence-corrected chi connectivity index (χ2v) is 9.03. The summed E-state index contributed by atoms with van der Waals surface area (Å²) in [6, 6.07) is 5.95. The van der Waals surface area contributed by atoms with Gasteiger partial charge in [0, 0.05) is 36.0 Å². The summed E-state index contributed by atoms with van der Waals surface area (Å²) < 4.78 is 80.9. The molecular formula is C20H20F4N2O4S. The molecule has 0 bridgehead atoms. The third kappa shape index (κ3) is 5.05. The molecule has 1 fully saturated rings. The minimum absolute atomic E-state index is 0.0651. The maximum Gasteiger partial charge on any atom is 0.255 e. The van der Waals surface area contributed by atoms with Crippen LogP contribution < -0.4 is 5.32 Å². The van der Waals surface area contributed by atoms with Gasteiger partial charge in [0.25, 0.3) is 5.91 Å². The van der Waals surface area contributed by atoms with Crippen LogP contribution in [0.3, 0.4) is 0 Å². The van der Waals surface area contributed by atoms with Crippen LogP contribution in [0.4, 0.5) is 23.2 Å². The van der Waals surface area contributed by atoms with E-state index in [-0.39, 0.29) is 36.2 Å². The molecule has 1 heterocycles. The summed E-state index contributed by atoms with van der Waals surface area (Å²) in [7, 11) is -4.37. The van der Waals surface area contributed by atoms with Crippen molar-refractivity contribution in [3.05, 3.63) is 59.2 Å². The smallest absolute Gasteiger partial charge is 0.255 e. The van der Waals surface area contributed by atoms with Gasteiger partial charge in [-0.3, -0.25) is 4.79 Å². The van der Waals surface area contributed by atoms with E-state index in [1.54, 1.807) is 0 Å². The molecule has 1 amide bonds. The lowest BCUT2D eigenvalue weighted by Crippen LogP contribution is -2.38. The molecule has 168 valence electrons. The highest BCUT2D eigenvalue weighted by atomic mass is 32.2. The molecule has 0 aromatic heterocycles. The largest absolute Gasteiger partial charge is 0.390 e. The maximum absolute atomic E-state index is 14.1. The van der Waals surface area contributed by atoms with Crippen molar-refractivity contribution < 1.29 is 35.9 Å². The van der Waals surface area contributed by atoms with E-state index in [1.165, 1.54) is 6.07 Å². The summed E-state index contributed by atoms with van der Waals surface area (Å²) in [6.45, 7) is -1.81. The molecular weight excluding hydrogens is 440 g/mol. The molecule has 2 aromatic carbocycles. The predicted octanol–water partition coefficient (Wildman–Crippen LogP) is 3.17. The first-order chi connectivity index (χ1) is 14.6. The molecule has 1 aliphatic rings. The molecule has 31 heavy (non-hydrogen) atoms. The van der Waals surface area contributed by atoms with E-state index in [9.17, 15) is 35.9 Å². The fourth-order valence-corrected chi connectivity index (χ4v) is 4.96. The average Bonchev–Trinajstić information content (AvgIpc) is 2.91. The van der Waals surface area contributed by atoms with E-state index >= 15 is 0 Å². The number of carbonyl (C=O) groups excluding carboxylic acids is 1. The van der Waals surface area contributed by atoms with Crippen molar-refractivity contribution in [1.82, 2.24) is 4.31 Å². The summed E-state index contributed by atoms with van der Waals surface area (Å²) in [5.41, 5.74) is -0.457. The first kappa shape index (κ1) is 23.2. The van der Waals surface area contributed by atoms with Crippen molar-refractivity contribution in [2.45, 2.75) is 36.7 Å². The number of amides is 1. The Hall–Kier alpha value is -2.50. The van der Waals surface area contributed by atoms with Crippen LogP contribution in [0.5, 0.6) is 0 Å². The summed E-state index contributed by atoms with van der Waals surface area (Å²) >= 11 is 0. The van der Waals surface area contributed by atoms with E-state index in [4.69, 9.17) is 0 Å². The molecule has 2 aromatic rings. The number of benzene rings is 2. The average molecular weight is 460 g/mol. The van der Waals surface area contributed by atoms with Crippen LogP contribution in [0.1, 0.15) is 28.8 Å². The van der Waals surface area contributed by atoms with Crippen LogP contribution in [0.2, 0.25) is 0 Å². The number of aliphatic hydroxyl groups excluding tert-OH is 1. The molecule has 0 saturated carbocycles. The topological polar surface area (TPSA) is 86.7 Å². The Labute approximate surface area is 176 Å². The minimum atomic E-state index is -4.37. The lowest BCUT2D eigenvalue weighted by molar-refractivity contribution is 0.0732. The van der Waals surface area contributed by atoms with E-state index in [1.807, 2.05) is 0 Å². The molecule has 3 rings (SSSR count). The van der Waals surface area contributed by atoms with Gasteiger partial charge in [-0.05, 0) is 37.1 Å². The summed E-state index contributed by atoms with van der Waals surface area (Å²) in [5, 5.41) is 12.0. The van der Waals surface area contributed by atoms with Crippen molar-refractivity contribution in [2.24, 2.45) is 0 Å². The van der Waals surface area contributed by atoms with Gasteiger partial charge in [0.2, 0.25) is 10.0 Å². The number of nitrogens with one attached hydrogen (secondary N) is 1. The molecule has 1 saturated heterocycles. The number of halogens is 4. The zero-order chi connectivity index (χ0) is 22.8. The highest BCUT2D eigenvalue weighted by Gasteiger charge is 2.34. The van der Waals surface area contributed by atoms with Crippen molar-refractivity contribution >= 4 is 21.6 Å². The zero-order valence-corrected chi connectivity index (χ0v) is 17.0. The van der Waals surface area contributed by atoms with Gasteiger partial charge in [0.05, 0.1) is 11.0 Å². The second-order valence-electron chi connectivity index (χ2n) is 7.13. The van der Waals surface area contributed by atoms with Gasteiger partial charge in [0.15, 0.2) is 11.6 Å². The van der Waals surface area contributed by atoms with Gasteiger partial charge >= 0.3 is 0 Å². The molecule has 1 aliphatic heterocycles. The number of anilines is 1. The van der Waals surface area contributed by atoms with E-state index in [2.05, 4.69) is 5.32 Å². The zero-order valence-electron chi connectivity index (χ0n) is 16.2. The van der Waals surface area contributed by atoms with E-state index in [0.717, 1.165) is 34.6 Å². The summed E-state index contributed by atoms with van der Waals surface area (Å²) in [4.78, 5) is 12.0. The van der Waals surface area contributed by atoms with Crippen LogP contribution in [0.15, 0.2) is 41.3 Å². The van der Waals surface area contributed by atoms with Gasteiger partial charge < -0.3 is 10.4 Å². The van der Waals surface area contributed by atoms with Crippen LogP contribution in [0.25, 0.3) is 0 Å². The van der Waals surface area contributed by atoms with Crippen molar-refractivity contribution in [3.8, 4) is 0 Å². The third-order valence-corrected chi connectivity index (χ3v) is 6.92. The van der Waals surface area contributed by atoms with Crippen molar-refractivity contribution in [2.75, 3.05) is 18.4 Å². The SMILES string of the molecule is O=C(Nc1ccc(F)c(F)c1)c1ccc(CF)c(S(=O)(=O)N2CCCC(O)C(F)C2)c1. The monoisotopic (exact) mass is 460 g/mol. The molecule has 2 unspecified atom stereocenters. The Kier molecular flexibility index (Phi) is 6.97. The molecule has 6 nitrogen and oxygen atoms in total. The summed E-state index contributed by atoms with van der Waals surface area (Å²) in [5.74, 6) is -3.12. The Balaban J connectivity index is 1.92. The quantitative estimate of drug-likeness (QED) is 0.672. The minimum Gasteiger partial charge on any atom is -0.390 e. The molecule has 0 spiro atoms. The molecule has 0 aliphatic carbocycles. The highest BCUT2D eigenvalue weighted by molar-refractivity contribution is 7.89. The first-order valence-electron chi connectivity index (χ1n) is 9.41. The highest BCUT2D eigenvalue weighted by Crippen LogP contribution is 2.27. The fourth-order valence-electron chi connectivity index (χ4n) is 3.25. The molecule has 11 heteroatoms. The van der Waals surface area contributed by atoms with Gasteiger partial charge in [0.1, 0.15) is 12.8 Å². The number of aliphatic hydroxyl groups is 1. The van der Waals surface area contributed by atoms with Gasteiger partial charge in [-0.2, -0.15) is 4.31 Å². The predicted molar refractivity (Wildman–Crippen MR) is 104 cm³/mol. The number of carbonyl (C=O) groups is 1. The number of alkyl halides is 2. The van der Waals surface area contributed by atoms with Crippen LogP contribution in [-0.4, -0.2) is 49.1 Å². The second kappa shape index (κ2) is 9.33. The van der Waals surface area contributed by atoms with Crippen molar-refractivity contribution in [3.63, 3.8) is 0 Å². The standard InChI is InChI=1S/C20H20F4N2O4S/c21-10-13-4-3-12(20(28)25-14-5-6-15(22)16(23)9-14)8-19(13)31(29,30)26-7-1-2-18(27)17(24)11-26/h3-6,8-9,17-18,27H,1-2,7,10-11H2,(H,25,28). The van der Waals surface area contributed by atoms with Crippen molar-refractivity contribution in [1.29, 1.82) is 0 Å². The lowest BCUT2D eigenvalue weighted by Gasteiger charge is -2.23. The Bertz CT molecular complexity index is 1080. The molecule has 2 atom stereocenters. The Morgan fingerprint density at radius 2 is 1.90 bits per heavy atom. The number of hydrogen-bond donors (Lipinski definition) is 2. The molecule has 0 radical (unpaired) electrons. The number of sulfonamides is 1. The van der Waals surface area contributed by atoms with Gasteiger partial charge in [-0.15, -0.1) is 0 Å².